The fraction of sp³-hybridized carbons (Fsp3) is 0. The van der Waals surface area contributed by atoms with Crippen LogP contribution in [0.1, 0.15) is 0 Å². The van der Waals surface area contributed by atoms with Gasteiger partial charge >= 0.3 is 7.25 Å². The van der Waals surface area contributed by atoms with E-state index in [9.17, 15) is 17.3 Å². The highest BCUT2D eigenvalue weighted by atomic mass is 32.1. The van der Waals surface area contributed by atoms with Crippen LogP contribution in [0.15, 0.2) is 29.2 Å². The van der Waals surface area contributed by atoms with Crippen molar-refractivity contribution in [2.75, 3.05) is 0 Å². The summed E-state index contributed by atoms with van der Waals surface area (Å²) in [5.41, 5.74) is 0. The maximum absolute atomic E-state index is 9.75. The highest BCUT2D eigenvalue weighted by molar-refractivity contribution is 7.80. The molecule has 1 aromatic rings. The normalized spacial score (nSPS) is 10.1. The second-order valence-corrected chi connectivity index (χ2v) is 2.27. The van der Waals surface area contributed by atoms with Crippen LogP contribution in [0.4, 0.5) is 17.3 Å². The van der Waals surface area contributed by atoms with Crippen LogP contribution >= 0.6 is 12.6 Å². The molecule has 67 valence electrons. The minimum absolute atomic E-state index is 0.985. The predicted molar refractivity (Wildman–Crippen MR) is 42.7 cm³/mol. The first-order valence-corrected chi connectivity index (χ1v) is 3.37. The molecule has 0 saturated carbocycles. The maximum Gasteiger partial charge on any atom is 0.673 e. The molecule has 12 heavy (non-hydrogen) atoms. The molecule has 0 aliphatic rings. The van der Waals surface area contributed by atoms with E-state index in [1.807, 2.05) is 24.3 Å². The third-order valence-corrected chi connectivity index (χ3v) is 0.999. The molecule has 0 unspecified atom stereocenters. The standard InChI is InChI=1S/C6H5S.BF4/c7-6-4-2-1-3-5-6;2-1(3,4)5/h2-5,7H;/q;-1. The van der Waals surface area contributed by atoms with E-state index in [1.54, 1.807) is 0 Å². The molecule has 0 heterocycles. The largest absolute Gasteiger partial charge is 0.673 e. The van der Waals surface area contributed by atoms with Gasteiger partial charge in [0.2, 0.25) is 0 Å². The van der Waals surface area contributed by atoms with Crippen LogP contribution in [0.2, 0.25) is 0 Å². The predicted octanol–water partition coefficient (Wildman–Crippen LogP) is 3.08. The van der Waals surface area contributed by atoms with Gasteiger partial charge in [0, 0.05) is 4.90 Å². The molecule has 6 heteroatoms. The zero-order chi connectivity index (χ0) is 9.61. The lowest BCUT2D eigenvalue weighted by Gasteiger charge is -1.94. The number of halogens is 4. The summed E-state index contributed by atoms with van der Waals surface area (Å²) in [4.78, 5) is 0.985. The van der Waals surface area contributed by atoms with Crippen LogP contribution in [0.5, 0.6) is 0 Å². The summed E-state index contributed by atoms with van der Waals surface area (Å²) in [7, 11) is -6.00. The molecule has 0 spiro atoms. The quantitative estimate of drug-likeness (QED) is 0.368. The molecule has 1 rings (SSSR count). The fourth-order valence-electron chi connectivity index (χ4n) is 0.378. The molecule has 0 saturated heterocycles. The Kier molecular flexibility index (Phi) is 4.81. The summed E-state index contributed by atoms with van der Waals surface area (Å²) in [6.45, 7) is 0. The van der Waals surface area contributed by atoms with Gasteiger partial charge in [0.15, 0.2) is 0 Å². The van der Waals surface area contributed by atoms with Crippen molar-refractivity contribution in [1.82, 2.24) is 0 Å². The van der Waals surface area contributed by atoms with Gasteiger partial charge in [-0.3, -0.25) is 0 Å². The fourth-order valence-corrected chi connectivity index (χ4v) is 0.527. The first-order valence-electron chi connectivity index (χ1n) is 2.92. The van der Waals surface area contributed by atoms with Crippen LogP contribution in [0.3, 0.4) is 0 Å². The molecular formula is C6H5BF4S-. The van der Waals surface area contributed by atoms with Gasteiger partial charge in [0.25, 0.3) is 0 Å². The number of hydrogen-bond donors (Lipinski definition) is 1. The monoisotopic (exact) mass is 196 g/mol. The zero-order valence-electron chi connectivity index (χ0n) is 5.85. The molecule has 0 fully saturated rings. The lowest BCUT2D eigenvalue weighted by atomic mass is 10.3. The van der Waals surface area contributed by atoms with Crippen molar-refractivity contribution in [1.29, 1.82) is 0 Å². The third kappa shape index (κ3) is 12.1. The van der Waals surface area contributed by atoms with E-state index >= 15 is 0 Å². The Morgan fingerprint density at radius 2 is 1.42 bits per heavy atom. The molecule has 0 nitrogen and oxygen atoms in total. The molecule has 0 aromatic heterocycles. The molecule has 0 atom stereocenters. The molecule has 0 aliphatic carbocycles. The van der Waals surface area contributed by atoms with Crippen LogP contribution in [-0.2, 0) is 0 Å². The first kappa shape index (κ1) is 11.4. The molecule has 0 bridgehead atoms. The van der Waals surface area contributed by atoms with Crippen molar-refractivity contribution in [2.45, 2.75) is 4.90 Å². The van der Waals surface area contributed by atoms with Crippen molar-refractivity contribution in [3.63, 3.8) is 0 Å². The molecule has 1 radical (unpaired) electrons. The minimum atomic E-state index is -6.00. The molecule has 0 N–H and O–H groups in total. The van der Waals surface area contributed by atoms with Gasteiger partial charge in [-0.15, -0.1) is 12.6 Å². The summed E-state index contributed by atoms with van der Waals surface area (Å²) in [6.07, 6.45) is 0. The van der Waals surface area contributed by atoms with Gasteiger partial charge in [-0.2, -0.15) is 0 Å². The topological polar surface area (TPSA) is 0 Å². The van der Waals surface area contributed by atoms with E-state index in [2.05, 4.69) is 18.7 Å². The highest BCUT2D eigenvalue weighted by Crippen LogP contribution is 2.06. The van der Waals surface area contributed by atoms with E-state index in [-0.39, 0.29) is 0 Å². The van der Waals surface area contributed by atoms with Crippen molar-refractivity contribution >= 4 is 19.9 Å². The van der Waals surface area contributed by atoms with Crippen molar-refractivity contribution in [3.05, 3.63) is 30.3 Å². The third-order valence-electron chi connectivity index (χ3n) is 0.701. The average Bonchev–Trinajstić information content (AvgIpc) is 1.85. The highest BCUT2D eigenvalue weighted by Gasteiger charge is 2.20. The van der Waals surface area contributed by atoms with Gasteiger partial charge in [0.1, 0.15) is 0 Å². The van der Waals surface area contributed by atoms with Gasteiger partial charge in [0.05, 0.1) is 0 Å². The Bertz CT molecular complexity index is 205. The average molecular weight is 196 g/mol. The SMILES string of the molecule is F[B-](F)(F)F.Sc1cc[c]cc1. The van der Waals surface area contributed by atoms with Crippen LogP contribution in [-0.4, -0.2) is 7.25 Å². The maximum atomic E-state index is 9.75. The number of benzene rings is 1. The van der Waals surface area contributed by atoms with Gasteiger partial charge in [-0.1, -0.05) is 12.1 Å². The van der Waals surface area contributed by atoms with E-state index < -0.39 is 7.25 Å². The van der Waals surface area contributed by atoms with E-state index in [0.717, 1.165) is 4.90 Å². The summed E-state index contributed by atoms with van der Waals surface area (Å²) in [5, 5.41) is 0. The second kappa shape index (κ2) is 5.08. The minimum Gasteiger partial charge on any atom is -0.418 e. The van der Waals surface area contributed by atoms with Gasteiger partial charge in [-0.25, -0.2) is 0 Å². The Hall–Kier alpha value is -0.645. The van der Waals surface area contributed by atoms with Crippen LogP contribution in [0, 0.1) is 6.07 Å². The zero-order valence-corrected chi connectivity index (χ0v) is 6.74. The summed E-state index contributed by atoms with van der Waals surface area (Å²) in [6, 6.07) is 10.3. The molecular weight excluding hydrogens is 191 g/mol. The smallest absolute Gasteiger partial charge is 0.418 e. The summed E-state index contributed by atoms with van der Waals surface area (Å²) < 4.78 is 39.0. The molecule has 0 amide bonds. The molecule has 1 aromatic carbocycles. The number of thiol groups is 1. The van der Waals surface area contributed by atoms with E-state index in [4.69, 9.17) is 0 Å². The van der Waals surface area contributed by atoms with E-state index in [1.165, 1.54) is 0 Å². The Balaban J connectivity index is 0.000000217. The Morgan fingerprint density at radius 1 is 1.08 bits per heavy atom. The van der Waals surface area contributed by atoms with E-state index in [0.29, 0.717) is 0 Å². The van der Waals surface area contributed by atoms with Gasteiger partial charge in [-0.05, 0) is 18.2 Å². The van der Waals surface area contributed by atoms with Crippen molar-refractivity contribution in [2.24, 2.45) is 0 Å². The second-order valence-electron chi connectivity index (χ2n) is 1.75. The lowest BCUT2D eigenvalue weighted by molar-refractivity contribution is 0.368. The Morgan fingerprint density at radius 3 is 1.58 bits per heavy atom. The first-order chi connectivity index (χ1) is 5.39. The van der Waals surface area contributed by atoms with Crippen LogP contribution in [0.25, 0.3) is 0 Å². The van der Waals surface area contributed by atoms with Crippen molar-refractivity contribution in [3.8, 4) is 0 Å². The van der Waals surface area contributed by atoms with Crippen LogP contribution < -0.4 is 0 Å². The summed E-state index contributed by atoms with van der Waals surface area (Å²) >= 11 is 4.06. The van der Waals surface area contributed by atoms with Crippen molar-refractivity contribution < 1.29 is 17.3 Å². The number of hydrogen-bond acceptors (Lipinski definition) is 1. The van der Waals surface area contributed by atoms with Gasteiger partial charge < -0.3 is 17.3 Å². The Labute approximate surface area is 73.1 Å². The summed E-state index contributed by atoms with van der Waals surface area (Å²) in [5.74, 6) is 0. The molecule has 0 aliphatic heterocycles. The lowest BCUT2D eigenvalue weighted by Crippen LogP contribution is -2.02. The number of rotatable bonds is 0.